The minimum absolute atomic E-state index is 0.175. The standard InChI is InChI=1S/C11H20N2O2/c1-8(10(14)15-2)13-6-9-5-12-7-11(9)3-4-11/h8-9,12-13H,3-7H2,1-2H3. The van der Waals surface area contributed by atoms with Crippen LogP contribution in [0.15, 0.2) is 0 Å². The van der Waals surface area contributed by atoms with E-state index in [1.807, 2.05) is 6.92 Å². The summed E-state index contributed by atoms with van der Waals surface area (Å²) in [5, 5.41) is 6.69. The lowest BCUT2D eigenvalue weighted by Crippen LogP contribution is -2.39. The van der Waals surface area contributed by atoms with Crippen LogP contribution in [0.4, 0.5) is 0 Å². The van der Waals surface area contributed by atoms with Crippen LogP contribution in [0.1, 0.15) is 19.8 Å². The Bertz CT molecular complexity index is 251. The highest BCUT2D eigenvalue weighted by Gasteiger charge is 2.51. The SMILES string of the molecule is COC(=O)C(C)NCC1CNCC12CC2. The van der Waals surface area contributed by atoms with Crippen molar-refractivity contribution >= 4 is 5.97 Å². The van der Waals surface area contributed by atoms with Gasteiger partial charge in [-0.05, 0) is 37.6 Å². The molecule has 0 bridgehead atoms. The molecule has 1 saturated heterocycles. The summed E-state index contributed by atoms with van der Waals surface area (Å²) in [4.78, 5) is 11.2. The van der Waals surface area contributed by atoms with Crippen LogP contribution in [-0.4, -0.2) is 38.8 Å². The Morgan fingerprint density at radius 2 is 2.40 bits per heavy atom. The molecule has 15 heavy (non-hydrogen) atoms. The van der Waals surface area contributed by atoms with Crippen molar-refractivity contribution in [3.8, 4) is 0 Å². The summed E-state index contributed by atoms with van der Waals surface area (Å²) < 4.78 is 4.68. The first kappa shape index (κ1) is 10.9. The summed E-state index contributed by atoms with van der Waals surface area (Å²) in [5.74, 6) is 0.510. The van der Waals surface area contributed by atoms with Crippen molar-refractivity contribution in [1.29, 1.82) is 0 Å². The number of nitrogens with one attached hydrogen (secondary N) is 2. The molecule has 1 aliphatic heterocycles. The van der Waals surface area contributed by atoms with Crippen LogP contribution in [0.2, 0.25) is 0 Å². The fourth-order valence-electron chi connectivity index (χ4n) is 2.47. The van der Waals surface area contributed by atoms with E-state index in [0.717, 1.165) is 19.6 Å². The third-order valence-electron chi connectivity index (χ3n) is 3.85. The van der Waals surface area contributed by atoms with Gasteiger partial charge in [0.1, 0.15) is 6.04 Å². The normalized spacial score (nSPS) is 29.1. The maximum atomic E-state index is 11.2. The fourth-order valence-corrected chi connectivity index (χ4v) is 2.47. The van der Waals surface area contributed by atoms with Crippen LogP contribution in [0.5, 0.6) is 0 Å². The van der Waals surface area contributed by atoms with Gasteiger partial charge in [-0.15, -0.1) is 0 Å². The van der Waals surface area contributed by atoms with Gasteiger partial charge in [0.2, 0.25) is 0 Å². The van der Waals surface area contributed by atoms with Gasteiger partial charge in [0.15, 0.2) is 0 Å². The molecule has 2 fully saturated rings. The Morgan fingerprint density at radius 1 is 1.67 bits per heavy atom. The number of carbonyl (C=O) groups is 1. The van der Waals surface area contributed by atoms with Crippen LogP contribution < -0.4 is 10.6 Å². The minimum Gasteiger partial charge on any atom is -0.468 e. The summed E-state index contributed by atoms with van der Waals surface area (Å²) >= 11 is 0. The van der Waals surface area contributed by atoms with E-state index < -0.39 is 0 Å². The largest absolute Gasteiger partial charge is 0.468 e. The molecule has 2 rings (SSSR count). The van der Waals surface area contributed by atoms with E-state index in [-0.39, 0.29) is 12.0 Å². The predicted molar refractivity (Wildman–Crippen MR) is 57.5 cm³/mol. The van der Waals surface area contributed by atoms with Gasteiger partial charge in [0.25, 0.3) is 0 Å². The van der Waals surface area contributed by atoms with Crippen LogP contribution in [0.3, 0.4) is 0 Å². The van der Waals surface area contributed by atoms with E-state index >= 15 is 0 Å². The van der Waals surface area contributed by atoms with Gasteiger partial charge in [-0.25, -0.2) is 0 Å². The molecule has 0 aromatic rings. The Kier molecular flexibility index (Phi) is 2.98. The zero-order valence-electron chi connectivity index (χ0n) is 9.51. The van der Waals surface area contributed by atoms with Crippen LogP contribution in [0, 0.1) is 11.3 Å². The number of carbonyl (C=O) groups excluding carboxylic acids is 1. The lowest BCUT2D eigenvalue weighted by Gasteiger charge is -2.19. The highest BCUT2D eigenvalue weighted by molar-refractivity contribution is 5.75. The molecule has 2 atom stereocenters. The van der Waals surface area contributed by atoms with Crippen molar-refractivity contribution in [3.05, 3.63) is 0 Å². The van der Waals surface area contributed by atoms with E-state index in [4.69, 9.17) is 0 Å². The third kappa shape index (κ3) is 2.16. The highest BCUT2D eigenvalue weighted by Crippen LogP contribution is 2.53. The predicted octanol–water partition coefficient (Wildman–Crippen LogP) is 0.137. The van der Waals surface area contributed by atoms with Gasteiger partial charge < -0.3 is 15.4 Å². The van der Waals surface area contributed by atoms with Gasteiger partial charge in [0, 0.05) is 13.1 Å². The molecule has 86 valence electrons. The molecule has 2 unspecified atom stereocenters. The van der Waals surface area contributed by atoms with E-state index in [2.05, 4.69) is 15.4 Å². The van der Waals surface area contributed by atoms with E-state index in [9.17, 15) is 4.79 Å². The van der Waals surface area contributed by atoms with E-state index in [1.165, 1.54) is 20.0 Å². The molecule has 1 heterocycles. The smallest absolute Gasteiger partial charge is 0.322 e. The fraction of sp³-hybridized carbons (Fsp3) is 0.909. The van der Waals surface area contributed by atoms with Gasteiger partial charge in [-0.1, -0.05) is 0 Å². The minimum atomic E-state index is -0.189. The highest BCUT2D eigenvalue weighted by atomic mass is 16.5. The molecule has 0 aromatic heterocycles. The van der Waals surface area contributed by atoms with Gasteiger partial charge >= 0.3 is 5.97 Å². The molecule has 0 aromatic carbocycles. The van der Waals surface area contributed by atoms with Gasteiger partial charge in [0.05, 0.1) is 7.11 Å². The summed E-state index contributed by atoms with van der Waals surface area (Å²) in [6.45, 7) is 5.02. The van der Waals surface area contributed by atoms with Crippen LogP contribution in [0.25, 0.3) is 0 Å². The molecule has 2 N–H and O–H groups in total. The average Bonchev–Trinajstić information content (AvgIpc) is 2.89. The van der Waals surface area contributed by atoms with Crippen LogP contribution in [-0.2, 0) is 9.53 Å². The first-order chi connectivity index (χ1) is 7.18. The molecule has 1 spiro atoms. The molecule has 4 nitrogen and oxygen atoms in total. The second kappa shape index (κ2) is 4.10. The second-order valence-corrected chi connectivity index (χ2v) is 4.84. The van der Waals surface area contributed by atoms with Gasteiger partial charge in [-0.3, -0.25) is 4.79 Å². The maximum absolute atomic E-state index is 11.2. The van der Waals surface area contributed by atoms with Gasteiger partial charge in [-0.2, -0.15) is 0 Å². The number of hydrogen-bond acceptors (Lipinski definition) is 4. The quantitative estimate of drug-likeness (QED) is 0.651. The lowest BCUT2D eigenvalue weighted by atomic mass is 9.93. The zero-order chi connectivity index (χ0) is 10.9. The van der Waals surface area contributed by atoms with Crippen LogP contribution >= 0.6 is 0 Å². The van der Waals surface area contributed by atoms with E-state index in [0.29, 0.717) is 11.3 Å². The number of rotatable bonds is 4. The molecular weight excluding hydrogens is 192 g/mol. The Balaban J connectivity index is 1.76. The zero-order valence-corrected chi connectivity index (χ0v) is 9.51. The molecule has 0 radical (unpaired) electrons. The lowest BCUT2D eigenvalue weighted by molar-refractivity contribution is -0.142. The third-order valence-corrected chi connectivity index (χ3v) is 3.85. The van der Waals surface area contributed by atoms with Crippen molar-refractivity contribution in [3.63, 3.8) is 0 Å². The van der Waals surface area contributed by atoms with Crippen molar-refractivity contribution in [2.75, 3.05) is 26.7 Å². The Labute approximate surface area is 90.8 Å². The average molecular weight is 212 g/mol. The van der Waals surface area contributed by atoms with E-state index in [1.54, 1.807) is 0 Å². The topological polar surface area (TPSA) is 50.4 Å². The molecular formula is C11H20N2O2. The summed E-state index contributed by atoms with van der Waals surface area (Å²) in [6, 6.07) is -0.189. The Hall–Kier alpha value is -0.610. The number of hydrogen-bond donors (Lipinski definition) is 2. The Morgan fingerprint density at radius 3 is 3.00 bits per heavy atom. The maximum Gasteiger partial charge on any atom is 0.322 e. The first-order valence-corrected chi connectivity index (χ1v) is 5.70. The monoisotopic (exact) mass is 212 g/mol. The second-order valence-electron chi connectivity index (χ2n) is 4.84. The number of methoxy groups -OCH3 is 1. The van der Waals surface area contributed by atoms with Crippen molar-refractivity contribution < 1.29 is 9.53 Å². The van der Waals surface area contributed by atoms with Crippen molar-refractivity contribution in [1.82, 2.24) is 10.6 Å². The molecule has 2 aliphatic rings. The van der Waals surface area contributed by atoms with Crippen molar-refractivity contribution in [2.45, 2.75) is 25.8 Å². The first-order valence-electron chi connectivity index (χ1n) is 5.70. The summed E-state index contributed by atoms with van der Waals surface area (Å²) in [6.07, 6.45) is 2.69. The van der Waals surface area contributed by atoms with Crippen molar-refractivity contribution in [2.24, 2.45) is 11.3 Å². The summed E-state index contributed by atoms with van der Waals surface area (Å²) in [7, 11) is 1.43. The molecule has 4 heteroatoms. The molecule has 1 saturated carbocycles. The summed E-state index contributed by atoms with van der Waals surface area (Å²) in [5.41, 5.74) is 0.558. The number of ether oxygens (including phenoxy) is 1. The molecule has 1 aliphatic carbocycles. The number of esters is 1. The molecule has 0 amide bonds.